The molecule has 166 valence electrons. The van der Waals surface area contributed by atoms with Crippen LogP contribution in [-0.4, -0.2) is 37.9 Å². The standard InChI is InChI=1S/C22H27F3O5/c1-2-3-8-21-11-27-22(28-12-21,29-13-21)20(26)30-16-6-4-14(5-7-16)15-9-17(23)19(25)18(24)10-15/h9-10,14,16H,2-8,11-13H2,1H3. The van der Waals surface area contributed by atoms with Gasteiger partial charge in [-0.25, -0.2) is 18.0 Å². The molecule has 0 amide bonds. The van der Waals surface area contributed by atoms with Crippen LogP contribution in [0.2, 0.25) is 0 Å². The zero-order chi connectivity index (χ0) is 21.4. The Labute approximate surface area is 173 Å². The maximum Gasteiger partial charge on any atom is 0.398 e. The van der Waals surface area contributed by atoms with Crippen molar-refractivity contribution < 1.29 is 36.9 Å². The molecular formula is C22H27F3O5. The van der Waals surface area contributed by atoms with Gasteiger partial charge in [-0.05, 0) is 55.7 Å². The Kier molecular flexibility index (Phi) is 6.10. The van der Waals surface area contributed by atoms with Crippen LogP contribution in [0.3, 0.4) is 0 Å². The van der Waals surface area contributed by atoms with Crippen LogP contribution in [0.1, 0.15) is 63.4 Å². The van der Waals surface area contributed by atoms with Crippen molar-refractivity contribution in [3.05, 3.63) is 35.1 Å². The number of unbranched alkanes of at least 4 members (excludes halogenated alkanes) is 1. The van der Waals surface area contributed by atoms with Gasteiger partial charge in [-0.1, -0.05) is 19.8 Å². The summed E-state index contributed by atoms with van der Waals surface area (Å²) in [6.07, 6.45) is 4.84. The molecule has 4 fully saturated rings. The highest BCUT2D eigenvalue weighted by Crippen LogP contribution is 2.43. The molecule has 1 aromatic rings. The van der Waals surface area contributed by atoms with E-state index in [1.165, 1.54) is 0 Å². The van der Waals surface area contributed by atoms with Gasteiger partial charge in [0.05, 0.1) is 19.8 Å². The number of hydrogen-bond donors (Lipinski definition) is 0. The first-order valence-corrected chi connectivity index (χ1v) is 10.6. The quantitative estimate of drug-likeness (QED) is 0.490. The van der Waals surface area contributed by atoms with Crippen molar-refractivity contribution >= 4 is 5.97 Å². The van der Waals surface area contributed by atoms with Gasteiger partial charge in [0.15, 0.2) is 17.5 Å². The van der Waals surface area contributed by atoms with E-state index in [1.807, 2.05) is 0 Å². The highest BCUT2D eigenvalue weighted by Gasteiger charge is 2.58. The van der Waals surface area contributed by atoms with Crippen LogP contribution >= 0.6 is 0 Å². The fourth-order valence-corrected chi connectivity index (χ4v) is 4.49. The van der Waals surface area contributed by atoms with Crippen molar-refractivity contribution in [2.75, 3.05) is 19.8 Å². The number of esters is 1. The van der Waals surface area contributed by atoms with Gasteiger partial charge >= 0.3 is 11.9 Å². The molecule has 1 aliphatic carbocycles. The molecule has 30 heavy (non-hydrogen) atoms. The Bertz CT molecular complexity index is 743. The molecular weight excluding hydrogens is 401 g/mol. The summed E-state index contributed by atoms with van der Waals surface area (Å²) < 4.78 is 62.8. The Hall–Kier alpha value is -1.64. The first-order chi connectivity index (χ1) is 14.4. The van der Waals surface area contributed by atoms with E-state index in [1.54, 1.807) is 0 Å². The van der Waals surface area contributed by atoms with E-state index in [4.69, 9.17) is 18.9 Å². The highest BCUT2D eigenvalue weighted by molar-refractivity contribution is 5.76. The number of hydrogen-bond acceptors (Lipinski definition) is 5. The van der Waals surface area contributed by atoms with Crippen molar-refractivity contribution in [3.63, 3.8) is 0 Å². The summed E-state index contributed by atoms with van der Waals surface area (Å²) in [6, 6.07) is 2.08. The Morgan fingerprint density at radius 3 is 2.13 bits per heavy atom. The van der Waals surface area contributed by atoms with Gasteiger partial charge in [0.1, 0.15) is 6.10 Å². The van der Waals surface area contributed by atoms with Crippen molar-refractivity contribution in [3.8, 4) is 0 Å². The highest BCUT2D eigenvalue weighted by atomic mass is 19.2. The third kappa shape index (κ3) is 4.09. The zero-order valence-corrected chi connectivity index (χ0v) is 17.1. The number of ether oxygens (including phenoxy) is 4. The summed E-state index contributed by atoms with van der Waals surface area (Å²) in [4.78, 5) is 12.7. The Morgan fingerprint density at radius 2 is 1.60 bits per heavy atom. The Morgan fingerprint density at radius 1 is 1.03 bits per heavy atom. The van der Waals surface area contributed by atoms with E-state index < -0.39 is 29.4 Å². The zero-order valence-electron chi connectivity index (χ0n) is 17.1. The van der Waals surface area contributed by atoms with Crippen molar-refractivity contribution in [1.29, 1.82) is 0 Å². The van der Waals surface area contributed by atoms with E-state index in [9.17, 15) is 18.0 Å². The molecule has 3 saturated heterocycles. The van der Waals surface area contributed by atoms with Crippen LogP contribution in [0.4, 0.5) is 13.2 Å². The second-order valence-corrected chi connectivity index (χ2v) is 8.70. The Balaban J connectivity index is 1.30. The molecule has 5 nitrogen and oxygen atoms in total. The summed E-state index contributed by atoms with van der Waals surface area (Å²) in [6.45, 7) is 3.31. The van der Waals surface area contributed by atoms with E-state index in [0.717, 1.165) is 31.4 Å². The molecule has 3 aliphatic heterocycles. The average molecular weight is 428 g/mol. The maximum atomic E-state index is 13.5. The number of fused-ring (bicyclic) bond motifs is 3. The average Bonchev–Trinajstić information content (AvgIpc) is 2.77. The lowest BCUT2D eigenvalue weighted by Gasteiger charge is -2.50. The largest absolute Gasteiger partial charge is 0.456 e. The number of halogens is 3. The molecule has 0 radical (unpaired) electrons. The van der Waals surface area contributed by atoms with Gasteiger partial charge in [-0.2, -0.15) is 0 Å². The minimum Gasteiger partial charge on any atom is -0.456 e. The summed E-state index contributed by atoms with van der Waals surface area (Å²) in [5.41, 5.74) is 0.225. The van der Waals surface area contributed by atoms with Gasteiger partial charge in [0.2, 0.25) is 0 Å². The van der Waals surface area contributed by atoms with Crippen molar-refractivity contribution in [1.82, 2.24) is 0 Å². The first kappa shape index (κ1) is 21.6. The van der Waals surface area contributed by atoms with E-state index >= 15 is 0 Å². The number of rotatable bonds is 6. The molecule has 0 spiro atoms. The van der Waals surface area contributed by atoms with E-state index in [2.05, 4.69) is 6.92 Å². The minimum absolute atomic E-state index is 0.116. The summed E-state index contributed by atoms with van der Waals surface area (Å²) in [5, 5.41) is 0. The first-order valence-electron chi connectivity index (χ1n) is 10.6. The van der Waals surface area contributed by atoms with E-state index in [0.29, 0.717) is 51.1 Å². The molecule has 2 bridgehead atoms. The second-order valence-electron chi connectivity index (χ2n) is 8.70. The lowest BCUT2D eigenvalue weighted by molar-refractivity contribution is -0.450. The SMILES string of the molecule is CCCCC12COC(C(=O)OC3CCC(c4cc(F)c(F)c(F)c4)CC3)(OC1)OC2. The van der Waals surface area contributed by atoms with Crippen LogP contribution < -0.4 is 0 Å². The number of carbonyl (C=O) groups excluding carboxylic acids is 1. The third-order valence-corrected chi connectivity index (χ3v) is 6.44. The molecule has 1 saturated carbocycles. The molecule has 8 heteroatoms. The number of benzene rings is 1. The molecule has 0 atom stereocenters. The normalized spacial score (nSPS) is 33.5. The van der Waals surface area contributed by atoms with Crippen molar-refractivity contribution in [2.24, 2.45) is 5.41 Å². The topological polar surface area (TPSA) is 54.0 Å². The van der Waals surface area contributed by atoms with Gasteiger partial charge in [-0.15, -0.1) is 0 Å². The molecule has 5 rings (SSSR count). The van der Waals surface area contributed by atoms with Gasteiger partial charge in [-0.3, -0.25) is 0 Å². The molecule has 0 unspecified atom stereocenters. The molecule has 0 N–H and O–H groups in total. The van der Waals surface area contributed by atoms with Gasteiger partial charge in [0, 0.05) is 5.41 Å². The van der Waals surface area contributed by atoms with Crippen LogP contribution in [0.15, 0.2) is 12.1 Å². The van der Waals surface area contributed by atoms with E-state index in [-0.39, 0.29) is 17.4 Å². The van der Waals surface area contributed by atoms with Gasteiger partial charge < -0.3 is 18.9 Å². The van der Waals surface area contributed by atoms with Crippen LogP contribution in [0.25, 0.3) is 0 Å². The van der Waals surface area contributed by atoms with Crippen LogP contribution in [0.5, 0.6) is 0 Å². The smallest absolute Gasteiger partial charge is 0.398 e. The monoisotopic (exact) mass is 428 g/mol. The maximum absolute atomic E-state index is 13.5. The third-order valence-electron chi connectivity index (χ3n) is 6.44. The predicted octanol–water partition coefficient (Wildman–Crippen LogP) is 4.58. The fraction of sp³-hybridized carbons (Fsp3) is 0.682. The lowest BCUT2D eigenvalue weighted by Crippen LogP contribution is -2.64. The van der Waals surface area contributed by atoms with Crippen LogP contribution in [-0.2, 0) is 23.7 Å². The second kappa shape index (κ2) is 8.48. The fourth-order valence-electron chi connectivity index (χ4n) is 4.49. The number of carbonyl (C=O) groups is 1. The predicted molar refractivity (Wildman–Crippen MR) is 100.0 cm³/mol. The van der Waals surface area contributed by atoms with Crippen LogP contribution in [0, 0.1) is 22.9 Å². The summed E-state index contributed by atoms with van der Waals surface area (Å²) in [5.74, 6) is -6.42. The lowest BCUT2D eigenvalue weighted by atomic mass is 9.82. The molecule has 4 aliphatic rings. The van der Waals surface area contributed by atoms with Crippen molar-refractivity contribution in [2.45, 2.75) is 69.9 Å². The minimum atomic E-state index is -1.78. The summed E-state index contributed by atoms with van der Waals surface area (Å²) >= 11 is 0. The molecule has 1 aromatic carbocycles. The summed E-state index contributed by atoms with van der Waals surface area (Å²) in [7, 11) is 0. The van der Waals surface area contributed by atoms with Gasteiger partial charge in [0.25, 0.3) is 0 Å². The molecule has 0 aromatic heterocycles. The molecule has 3 heterocycles.